The summed E-state index contributed by atoms with van der Waals surface area (Å²) in [7, 11) is 1.91. The van der Waals surface area contributed by atoms with Gasteiger partial charge in [-0.15, -0.1) is 12.4 Å². The molecule has 0 aliphatic carbocycles. The van der Waals surface area contributed by atoms with E-state index in [9.17, 15) is 13.2 Å². The zero-order valence-corrected chi connectivity index (χ0v) is 12.4. The Kier molecular flexibility index (Phi) is 5.91. The summed E-state index contributed by atoms with van der Waals surface area (Å²) in [6, 6.07) is 1.39. The Balaban J connectivity index is 0.00000200. The Labute approximate surface area is 126 Å². The number of anilines is 1. The lowest BCUT2D eigenvalue weighted by atomic mass is 10.1. The van der Waals surface area contributed by atoms with Crippen LogP contribution in [0.15, 0.2) is 12.3 Å². The van der Waals surface area contributed by atoms with Crippen molar-refractivity contribution < 1.29 is 13.2 Å². The minimum atomic E-state index is -4.41. The van der Waals surface area contributed by atoms with Gasteiger partial charge in [0.05, 0.1) is 10.6 Å². The fourth-order valence-electron chi connectivity index (χ4n) is 2.20. The first-order chi connectivity index (χ1) is 8.91. The number of halogens is 5. The summed E-state index contributed by atoms with van der Waals surface area (Å²) in [5, 5.41) is 3.24. The van der Waals surface area contributed by atoms with Crippen LogP contribution in [-0.4, -0.2) is 31.2 Å². The van der Waals surface area contributed by atoms with Gasteiger partial charge in [-0.2, -0.15) is 13.2 Å². The van der Waals surface area contributed by atoms with Gasteiger partial charge >= 0.3 is 6.18 Å². The van der Waals surface area contributed by atoms with E-state index in [4.69, 9.17) is 11.6 Å². The monoisotopic (exact) mass is 329 g/mol. The molecule has 2 rings (SSSR count). The molecule has 1 N–H and O–H groups in total. The smallest absolute Gasteiger partial charge is 0.355 e. The maximum absolute atomic E-state index is 12.5. The van der Waals surface area contributed by atoms with E-state index in [1.807, 2.05) is 11.9 Å². The van der Waals surface area contributed by atoms with E-state index in [-0.39, 0.29) is 17.4 Å². The molecule has 20 heavy (non-hydrogen) atoms. The molecule has 2 heterocycles. The molecule has 0 atom stereocenters. The Morgan fingerprint density at radius 1 is 1.35 bits per heavy atom. The van der Waals surface area contributed by atoms with Crippen LogP contribution < -0.4 is 10.2 Å². The van der Waals surface area contributed by atoms with Crippen LogP contribution in [0.2, 0.25) is 5.02 Å². The standard InChI is InChI=1S/C12H15ClF3N3.ClH/c1-17-9-2-4-19(5-3-9)11-10(13)6-8(7-18-11)12(14,15)16;/h6-7,9,17H,2-5H2,1H3;1H. The molecule has 0 spiro atoms. The highest BCUT2D eigenvalue weighted by Crippen LogP contribution is 2.34. The molecule has 1 aromatic heterocycles. The topological polar surface area (TPSA) is 28.2 Å². The quantitative estimate of drug-likeness (QED) is 0.901. The number of alkyl halides is 3. The Hall–Kier alpha value is -0.720. The number of hydrogen-bond donors (Lipinski definition) is 1. The summed E-state index contributed by atoms with van der Waals surface area (Å²) < 4.78 is 37.6. The maximum Gasteiger partial charge on any atom is 0.417 e. The molecular formula is C12H16Cl2F3N3. The molecule has 0 aromatic carbocycles. The highest BCUT2D eigenvalue weighted by atomic mass is 35.5. The second kappa shape index (κ2) is 6.83. The molecule has 0 amide bonds. The van der Waals surface area contributed by atoms with Crippen molar-refractivity contribution in [2.24, 2.45) is 0 Å². The number of aromatic nitrogens is 1. The first-order valence-corrected chi connectivity index (χ1v) is 6.44. The normalized spacial score (nSPS) is 16.9. The van der Waals surface area contributed by atoms with Gasteiger partial charge in [-0.25, -0.2) is 4.98 Å². The summed E-state index contributed by atoms with van der Waals surface area (Å²) >= 11 is 5.92. The number of nitrogens with zero attached hydrogens (tertiary/aromatic N) is 2. The van der Waals surface area contributed by atoms with Gasteiger partial charge in [0.1, 0.15) is 5.82 Å². The van der Waals surface area contributed by atoms with Gasteiger partial charge < -0.3 is 10.2 Å². The molecule has 1 aliphatic rings. The van der Waals surface area contributed by atoms with E-state index in [1.54, 1.807) is 0 Å². The summed E-state index contributed by atoms with van der Waals surface area (Å²) in [5.41, 5.74) is -0.814. The van der Waals surface area contributed by atoms with Gasteiger partial charge in [0.25, 0.3) is 0 Å². The van der Waals surface area contributed by atoms with Crippen molar-refractivity contribution in [3.8, 4) is 0 Å². The predicted octanol–water partition coefficient (Wildman–Crippen LogP) is 3.36. The third-order valence-corrected chi connectivity index (χ3v) is 3.63. The molecule has 1 aliphatic heterocycles. The van der Waals surface area contributed by atoms with Crippen LogP contribution >= 0.6 is 24.0 Å². The van der Waals surface area contributed by atoms with Gasteiger partial charge in [0.15, 0.2) is 0 Å². The summed E-state index contributed by atoms with van der Waals surface area (Å²) in [6.45, 7) is 1.48. The highest BCUT2D eigenvalue weighted by molar-refractivity contribution is 6.33. The lowest BCUT2D eigenvalue weighted by Crippen LogP contribution is -2.41. The molecule has 0 saturated carbocycles. The average Bonchev–Trinajstić information content (AvgIpc) is 2.38. The van der Waals surface area contributed by atoms with E-state index in [1.165, 1.54) is 0 Å². The first-order valence-electron chi connectivity index (χ1n) is 6.06. The van der Waals surface area contributed by atoms with Gasteiger partial charge in [-0.3, -0.25) is 0 Å². The van der Waals surface area contributed by atoms with Crippen molar-refractivity contribution in [1.29, 1.82) is 0 Å². The van der Waals surface area contributed by atoms with Crippen molar-refractivity contribution in [2.45, 2.75) is 25.1 Å². The lowest BCUT2D eigenvalue weighted by Gasteiger charge is -2.33. The van der Waals surface area contributed by atoms with Crippen LogP contribution in [0, 0.1) is 0 Å². The largest absolute Gasteiger partial charge is 0.417 e. The molecule has 114 valence electrons. The highest BCUT2D eigenvalue weighted by Gasteiger charge is 2.32. The minimum Gasteiger partial charge on any atom is -0.355 e. The van der Waals surface area contributed by atoms with E-state index in [0.717, 1.165) is 38.2 Å². The fourth-order valence-corrected chi connectivity index (χ4v) is 2.48. The molecule has 3 nitrogen and oxygen atoms in total. The van der Waals surface area contributed by atoms with Gasteiger partial charge in [-0.1, -0.05) is 11.6 Å². The van der Waals surface area contributed by atoms with E-state index >= 15 is 0 Å². The lowest BCUT2D eigenvalue weighted by molar-refractivity contribution is -0.137. The summed E-state index contributed by atoms with van der Waals surface area (Å²) in [6.07, 6.45) is -1.72. The number of piperidine rings is 1. The van der Waals surface area contributed by atoms with Gasteiger partial charge in [0.2, 0.25) is 0 Å². The van der Waals surface area contributed by atoms with Crippen molar-refractivity contribution in [2.75, 3.05) is 25.0 Å². The third kappa shape index (κ3) is 3.90. The van der Waals surface area contributed by atoms with Crippen LogP contribution in [0.3, 0.4) is 0 Å². The maximum atomic E-state index is 12.5. The molecule has 0 unspecified atom stereocenters. The van der Waals surface area contributed by atoms with E-state index < -0.39 is 11.7 Å². The SMILES string of the molecule is CNC1CCN(c2ncc(C(F)(F)F)cc2Cl)CC1.Cl. The molecule has 0 bridgehead atoms. The van der Waals surface area contributed by atoms with Crippen LogP contribution in [0.5, 0.6) is 0 Å². The Morgan fingerprint density at radius 2 is 1.95 bits per heavy atom. The van der Waals surface area contributed by atoms with Crippen molar-refractivity contribution in [3.05, 3.63) is 22.8 Å². The van der Waals surface area contributed by atoms with E-state index in [0.29, 0.717) is 11.9 Å². The van der Waals surface area contributed by atoms with Crippen LogP contribution in [0.25, 0.3) is 0 Å². The molecular weight excluding hydrogens is 314 g/mol. The number of rotatable bonds is 2. The van der Waals surface area contributed by atoms with Crippen LogP contribution in [0.1, 0.15) is 18.4 Å². The summed E-state index contributed by atoms with van der Waals surface area (Å²) in [5.74, 6) is 0.434. The minimum absolute atomic E-state index is 0. The number of nitrogens with one attached hydrogen (secondary N) is 1. The van der Waals surface area contributed by atoms with Gasteiger partial charge in [-0.05, 0) is 26.0 Å². The molecule has 1 aromatic rings. The zero-order valence-electron chi connectivity index (χ0n) is 10.9. The van der Waals surface area contributed by atoms with E-state index in [2.05, 4.69) is 10.3 Å². The van der Waals surface area contributed by atoms with Gasteiger partial charge in [0, 0.05) is 25.3 Å². The van der Waals surface area contributed by atoms with Crippen molar-refractivity contribution in [1.82, 2.24) is 10.3 Å². The number of hydrogen-bond acceptors (Lipinski definition) is 3. The molecule has 1 fully saturated rings. The molecule has 1 saturated heterocycles. The van der Waals surface area contributed by atoms with Crippen molar-refractivity contribution >= 4 is 29.8 Å². The molecule has 8 heteroatoms. The molecule has 0 radical (unpaired) electrons. The Bertz CT molecular complexity index is 446. The Morgan fingerprint density at radius 3 is 2.40 bits per heavy atom. The van der Waals surface area contributed by atoms with Crippen LogP contribution in [-0.2, 0) is 6.18 Å². The number of pyridine rings is 1. The average molecular weight is 330 g/mol. The second-order valence-electron chi connectivity index (χ2n) is 4.58. The summed E-state index contributed by atoms with van der Waals surface area (Å²) in [4.78, 5) is 5.80. The second-order valence-corrected chi connectivity index (χ2v) is 4.98. The predicted molar refractivity (Wildman–Crippen MR) is 75.8 cm³/mol. The van der Waals surface area contributed by atoms with Crippen LogP contribution in [0.4, 0.5) is 19.0 Å². The zero-order chi connectivity index (χ0) is 14.0. The third-order valence-electron chi connectivity index (χ3n) is 3.35. The fraction of sp³-hybridized carbons (Fsp3) is 0.583. The van der Waals surface area contributed by atoms with Crippen molar-refractivity contribution in [3.63, 3.8) is 0 Å². The first kappa shape index (κ1) is 17.3.